The number of primary sulfonamides is 1. The van der Waals surface area contributed by atoms with Crippen LogP contribution >= 0.6 is 0 Å². The van der Waals surface area contributed by atoms with Crippen molar-refractivity contribution in [3.05, 3.63) is 29.8 Å². The van der Waals surface area contributed by atoms with Crippen LogP contribution in [-0.4, -0.2) is 40.7 Å². The van der Waals surface area contributed by atoms with Crippen molar-refractivity contribution in [1.29, 1.82) is 0 Å². The molecule has 1 aromatic rings. The Hall–Kier alpha value is -1.64. The lowest BCUT2D eigenvalue weighted by Crippen LogP contribution is -2.47. The Morgan fingerprint density at radius 2 is 1.93 bits per heavy atom. The SMILES string of the molecule is CN=C(NCc1ccc(S(N)(=O)=O)cc1)NCC1CCCOC1C(C)(C)C. The van der Waals surface area contributed by atoms with Gasteiger partial charge in [-0.3, -0.25) is 4.99 Å². The lowest BCUT2D eigenvalue weighted by Gasteiger charge is -2.40. The largest absolute Gasteiger partial charge is 0.377 e. The fourth-order valence-corrected chi connectivity index (χ4v) is 3.96. The molecule has 27 heavy (non-hydrogen) atoms. The Kier molecular flexibility index (Phi) is 7.25. The smallest absolute Gasteiger partial charge is 0.238 e. The van der Waals surface area contributed by atoms with Crippen molar-refractivity contribution < 1.29 is 13.2 Å². The van der Waals surface area contributed by atoms with E-state index in [1.807, 2.05) is 0 Å². The standard InChI is InChI=1S/C19H32N4O3S/c1-19(2,3)17-15(6-5-11-26-17)13-23-18(21-4)22-12-14-7-9-16(10-8-14)27(20,24)25/h7-10,15,17H,5-6,11-13H2,1-4H3,(H2,20,24,25)(H2,21,22,23). The fraction of sp³-hybridized carbons (Fsp3) is 0.632. The minimum Gasteiger partial charge on any atom is -0.377 e. The van der Waals surface area contributed by atoms with Crippen LogP contribution < -0.4 is 15.8 Å². The number of sulfonamides is 1. The highest BCUT2D eigenvalue weighted by Crippen LogP contribution is 2.33. The molecule has 2 atom stereocenters. The molecule has 2 unspecified atom stereocenters. The maximum atomic E-state index is 11.3. The molecule has 2 rings (SSSR count). The van der Waals surface area contributed by atoms with Crippen LogP contribution in [0.3, 0.4) is 0 Å². The molecule has 8 heteroatoms. The van der Waals surface area contributed by atoms with Gasteiger partial charge in [0.2, 0.25) is 10.0 Å². The average molecular weight is 397 g/mol. The van der Waals surface area contributed by atoms with Crippen molar-refractivity contribution in [3.8, 4) is 0 Å². The van der Waals surface area contributed by atoms with Gasteiger partial charge in [-0.1, -0.05) is 32.9 Å². The van der Waals surface area contributed by atoms with E-state index in [-0.39, 0.29) is 16.4 Å². The number of nitrogens with two attached hydrogens (primary N) is 1. The normalized spacial score (nSPS) is 21.7. The summed E-state index contributed by atoms with van der Waals surface area (Å²) in [6, 6.07) is 6.50. The number of ether oxygens (including phenoxy) is 1. The molecule has 0 radical (unpaired) electrons. The summed E-state index contributed by atoms with van der Waals surface area (Å²) in [5.74, 6) is 1.15. The summed E-state index contributed by atoms with van der Waals surface area (Å²) in [4.78, 5) is 4.38. The predicted octanol–water partition coefficient (Wildman–Crippen LogP) is 1.84. The Morgan fingerprint density at radius 3 is 2.48 bits per heavy atom. The molecule has 1 aliphatic rings. The molecular formula is C19H32N4O3S. The van der Waals surface area contributed by atoms with Gasteiger partial charge in [-0.15, -0.1) is 0 Å². The third kappa shape index (κ3) is 6.48. The quantitative estimate of drug-likeness (QED) is 0.520. The van der Waals surface area contributed by atoms with Crippen LogP contribution in [0, 0.1) is 11.3 Å². The molecule has 1 saturated heterocycles. The first-order valence-electron chi connectivity index (χ1n) is 9.29. The molecule has 1 aliphatic heterocycles. The van der Waals surface area contributed by atoms with Crippen LogP contribution in [-0.2, 0) is 21.3 Å². The number of nitrogens with one attached hydrogen (secondary N) is 2. The first-order chi connectivity index (χ1) is 12.6. The summed E-state index contributed by atoms with van der Waals surface area (Å²) < 4.78 is 28.7. The summed E-state index contributed by atoms with van der Waals surface area (Å²) >= 11 is 0. The molecule has 1 aromatic carbocycles. The molecule has 0 bridgehead atoms. The summed E-state index contributed by atoms with van der Waals surface area (Å²) in [6.07, 6.45) is 2.45. The summed E-state index contributed by atoms with van der Waals surface area (Å²) in [5, 5.41) is 11.8. The highest BCUT2D eigenvalue weighted by Gasteiger charge is 2.35. The van der Waals surface area contributed by atoms with Crippen LogP contribution in [0.5, 0.6) is 0 Å². The van der Waals surface area contributed by atoms with Gasteiger partial charge in [0.25, 0.3) is 0 Å². The maximum absolute atomic E-state index is 11.3. The zero-order valence-electron chi connectivity index (χ0n) is 16.7. The lowest BCUT2D eigenvalue weighted by atomic mass is 9.78. The second kappa shape index (κ2) is 9.03. The van der Waals surface area contributed by atoms with Gasteiger partial charge >= 0.3 is 0 Å². The lowest BCUT2D eigenvalue weighted by molar-refractivity contribution is -0.0835. The zero-order valence-corrected chi connectivity index (χ0v) is 17.5. The molecule has 152 valence electrons. The molecule has 7 nitrogen and oxygen atoms in total. The molecule has 1 heterocycles. The third-order valence-corrected chi connectivity index (χ3v) is 5.69. The van der Waals surface area contributed by atoms with Crippen molar-refractivity contribution in [1.82, 2.24) is 10.6 Å². The second-order valence-corrected chi connectivity index (χ2v) is 9.62. The Balaban J connectivity index is 1.88. The van der Waals surface area contributed by atoms with Crippen LogP contribution in [0.4, 0.5) is 0 Å². The third-order valence-electron chi connectivity index (χ3n) is 4.77. The highest BCUT2D eigenvalue weighted by molar-refractivity contribution is 7.89. The molecular weight excluding hydrogens is 364 g/mol. The van der Waals surface area contributed by atoms with E-state index in [4.69, 9.17) is 9.88 Å². The highest BCUT2D eigenvalue weighted by atomic mass is 32.2. The zero-order chi connectivity index (χ0) is 20.1. The molecule has 0 amide bonds. The van der Waals surface area contributed by atoms with Crippen molar-refractivity contribution in [2.24, 2.45) is 21.5 Å². The number of benzene rings is 1. The van der Waals surface area contributed by atoms with Gasteiger partial charge in [0, 0.05) is 32.7 Å². The van der Waals surface area contributed by atoms with Crippen LogP contribution in [0.1, 0.15) is 39.2 Å². The topological polar surface area (TPSA) is 106 Å². The number of guanidine groups is 1. The Morgan fingerprint density at radius 1 is 1.26 bits per heavy atom. The van der Waals surface area contributed by atoms with E-state index >= 15 is 0 Å². The first kappa shape index (κ1) is 21.7. The van der Waals surface area contributed by atoms with E-state index in [1.54, 1.807) is 19.2 Å². The average Bonchev–Trinajstić information content (AvgIpc) is 2.61. The summed E-state index contributed by atoms with van der Waals surface area (Å²) in [5.41, 5.74) is 1.05. The maximum Gasteiger partial charge on any atom is 0.238 e. The Bertz CT molecular complexity index is 739. The fourth-order valence-electron chi connectivity index (χ4n) is 3.44. The van der Waals surface area contributed by atoms with Crippen LogP contribution in [0.2, 0.25) is 0 Å². The van der Waals surface area contributed by atoms with Gasteiger partial charge in [-0.25, -0.2) is 13.6 Å². The van der Waals surface area contributed by atoms with Gasteiger partial charge in [-0.2, -0.15) is 0 Å². The number of hydrogen-bond donors (Lipinski definition) is 3. The van der Waals surface area contributed by atoms with Crippen LogP contribution in [0.25, 0.3) is 0 Å². The number of nitrogens with zero attached hydrogens (tertiary/aromatic N) is 1. The van der Waals surface area contributed by atoms with E-state index in [2.05, 4.69) is 36.4 Å². The van der Waals surface area contributed by atoms with E-state index < -0.39 is 10.0 Å². The molecule has 0 aliphatic carbocycles. The summed E-state index contributed by atoms with van der Waals surface area (Å²) in [6.45, 7) is 8.82. The van der Waals surface area contributed by atoms with E-state index in [9.17, 15) is 8.42 Å². The minimum atomic E-state index is -3.66. The number of aliphatic imine (C=N–C) groups is 1. The molecule has 0 aromatic heterocycles. The van der Waals surface area contributed by atoms with Gasteiger partial charge in [0.1, 0.15) is 0 Å². The van der Waals surface area contributed by atoms with Crippen molar-refractivity contribution in [3.63, 3.8) is 0 Å². The van der Waals surface area contributed by atoms with Crippen molar-refractivity contribution in [2.45, 2.75) is 51.2 Å². The van der Waals surface area contributed by atoms with E-state index in [0.29, 0.717) is 18.4 Å². The van der Waals surface area contributed by atoms with Crippen LogP contribution in [0.15, 0.2) is 34.2 Å². The minimum absolute atomic E-state index is 0.106. The Labute approximate surface area is 162 Å². The second-order valence-electron chi connectivity index (χ2n) is 8.06. The van der Waals surface area contributed by atoms with E-state index in [1.165, 1.54) is 12.1 Å². The van der Waals surface area contributed by atoms with E-state index in [0.717, 1.165) is 31.6 Å². The predicted molar refractivity (Wildman–Crippen MR) is 108 cm³/mol. The number of rotatable bonds is 5. The van der Waals surface area contributed by atoms with Crippen molar-refractivity contribution in [2.75, 3.05) is 20.2 Å². The van der Waals surface area contributed by atoms with Gasteiger partial charge < -0.3 is 15.4 Å². The molecule has 0 spiro atoms. The number of hydrogen-bond acceptors (Lipinski definition) is 4. The monoisotopic (exact) mass is 396 g/mol. The van der Waals surface area contributed by atoms with Crippen molar-refractivity contribution >= 4 is 16.0 Å². The van der Waals surface area contributed by atoms with Gasteiger partial charge in [-0.05, 0) is 36.0 Å². The van der Waals surface area contributed by atoms with Gasteiger partial charge in [0.05, 0.1) is 11.0 Å². The molecule has 4 N–H and O–H groups in total. The molecule has 1 fully saturated rings. The van der Waals surface area contributed by atoms with Gasteiger partial charge in [0.15, 0.2) is 5.96 Å². The molecule has 0 saturated carbocycles. The first-order valence-corrected chi connectivity index (χ1v) is 10.8. The summed E-state index contributed by atoms with van der Waals surface area (Å²) in [7, 11) is -1.93.